The Balaban J connectivity index is 2.16. The van der Waals surface area contributed by atoms with E-state index in [1.807, 2.05) is 6.07 Å². The summed E-state index contributed by atoms with van der Waals surface area (Å²) in [4.78, 5) is 0. The molecule has 1 heteroatoms. The largest absolute Gasteiger partial charge is 0.323 e. The highest BCUT2D eigenvalue weighted by Gasteiger charge is 2.23. The molecular weight excluding hydrogens is 170 g/mol. The van der Waals surface area contributed by atoms with Crippen molar-refractivity contribution < 1.29 is 0 Å². The molecule has 74 valence electrons. The summed E-state index contributed by atoms with van der Waals surface area (Å²) in [6, 6.07) is 10.6. The van der Waals surface area contributed by atoms with Crippen LogP contribution in [-0.4, -0.2) is 0 Å². The van der Waals surface area contributed by atoms with Gasteiger partial charge in [-0.15, -0.1) is 0 Å². The van der Waals surface area contributed by atoms with Gasteiger partial charge in [0.2, 0.25) is 0 Å². The first-order valence-electron chi connectivity index (χ1n) is 5.26. The predicted octanol–water partition coefficient (Wildman–Crippen LogP) is 3.04. The second kappa shape index (κ2) is 3.97. The number of allylic oxidation sites excluding steroid dienone is 1. The fourth-order valence-corrected chi connectivity index (χ4v) is 2.24. The average molecular weight is 187 g/mol. The van der Waals surface area contributed by atoms with E-state index in [4.69, 9.17) is 5.73 Å². The zero-order chi connectivity index (χ0) is 9.97. The normalized spacial score (nSPS) is 23.3. The Labute approximate surface area is 85.6 Å². The lowest BCUT2D eigenvalue weighted by atomic mass is 9.89. The first-order valence-corrected chi connectivity index (χ1v) is 5.26. The van der Waals surface area contributed by atoms with Crippen LogP contribution in [0.4, 0.5) is 0 Å². The maximum Gasteiger partial charge on any atom is 0.0361 e. The summed E-state index contributed by atoms with van der Waals surface area (Å²) in [5, 5.41) is 0. The van der Waals surface area contributed by atoms with Crippen molar-refractivity contribution in [2.45, 2.75) is 25.8 Å². The lowest BCUT2D eigenvalue weighted by molar-refractivity contribution is 0.491. The van der Waals surface area contributed by atoms with Gasteiger partial charge in [-0.25, -0.2) is 0 Å². The Morgan fingerprint density at radius 1 is 1.29 bits per heavy atom. The third-order valence-electron chi connectivity index (χ3n) is 3.15. The van der Waals surface area contributed by atoms with Crippen LogP contribution in [0.15, 0.2) is 42.0 Å². The summed E-state index contributed by atoms with van der Waals surface area (Å²) in [7, 11) is 0. The zero-order valence-electron chi connectivity index (χ0n) is 8.61. The fourth-order valence-electron chi connectivity index (χ4n) is 2.24. The van der Waals surface area contributed by atoms with Crippen LogP contribution >= 0.6 is 0 Å². The molecule has 0 fully saturated rings. The summed E-state index contributed by atoms with van der Waals surface area (Å²) in [6.07, 6.45) is 4.71. The third kappa shape index (κ3) is 1.73. The Hall–Kier alpha value is -1.08. The molecule has 2 rings (SSSR count). The lowest BCUT2D eigenvalue weighted by Gasteiger charge is -2.21. The van der Waals surface area contributed by atoms with Crippen molar-refractivity contribution in [2.75, 3.05) is 0 Å². The van der Waals surface area contributed by atoms with Crippen LogP contribution in [-0.2, 0) is 0 Å². The van der Waals surface area contributed by atoms with Gasteiger partial charge in [-0.2, -0.15) is 0 Å². The molecule has 14 heavy (non-hydrogen) atoms. The van der Waals surface area contributed by atoms with E-state index < -0.39 is 0 Å². The molecule has 1 aliphatic rings. The Morgan fingerprint density at radius 3 is 2.57 bits per heavy atom. The van der Waals surface area contributed by atoms with Gasteiger partial charge in [0.25, 0.3) is 0 Å². The number of nitrogens with two attached hydrogens (primary N) is 1. The quantitative estimate of drug-likeness (QED) is 0.707. The summed E-state index contributed by atoms with van der Waals surface area (Å²) < 4.78 is 0. The van der Waals surface area contributed by atoms with E-state index in [9.17, 15) is 0 Å². The summed E-state index contributed by atoms with van der Waals surface area (Å²) >= 11 is 0. The van der Waals surface area contributed by atoms with E-state index in [0.717, 1.165) is 0 Å². The first-order chi connectivity index (χ1) is 6.79. The zero-order valence-corrected chi connectivity index (χ0v) is 8.61. The molecule has 0 unspecified atom stereocenters. The number of benzene rings is 1. The molecule has 1 aromatic carbocycles. The Kier molecular flexibility index (Phi) is 2.69. The Bertz CT molecular complexity index is 326. The molecule has 0 bridgehead atoms. The maximum absolute atomic E-state index is 6.25. The van der Waals surface area contributed by atoms with Gasteiger partial charge in [0.05, 0.1) is 0 Å². The van der Waals surface area contributed by atoms with Gasteiger partial charge in [0.1, 0.15) is 0 Å². The van der Waals surface area contributed by atoms with Gasteiger partial charge in [-0.3, -0.25) is 0 Å². The molecule has 2 atom stereocenters. The predicted molar refractivity (Wildman–Crippen MR) is 59.9 cm³/mol. The third-order valence-corrected chi connectivity index (χ3v) is 3.15. The van der Waals surface area contributed by atoms with Crippen molar-refractivity contribution in [1.82, 2.24) is 0 Å². The highest BCUT2D eigenvalue weighted by Crippen LogP contribution is 2.34. The fraction of sp³-hybridized carbons (Fsp3) is 0.385. The van der Waals surface area contributed by atoms with Crippen molar-refractivity contribution in [3.05, 3.63) is 47.5 Å². The van der Waals surface area contributed by atoms with Gasteiger partial charge in [-0.1, -0.05) is 42.0 Å². The van der Waals surface area contributed by atoms with Gasteiger partial charge < -0.3 is 5.73 Å². The molecule has 0 aromatic heterocycles. The van der Waals surface area contributed by atoms with Crippen LogP contribution in [0.5, 0.6) is 0 Å². The summed E-state index contributed by atoms with van der Waals surface area (Å²) in [6.45, 7) is 2.19. The van der Waals surface area contributed by atoms with E-state index in [0.29, 0.717) is 5.92 Å². The van der Waals surface area contributed by atoms with Gasteiger partial charge in [0.15, 0.2) is 0 Å². The van der Waals surface area contributed by atoms with Gasteiger partial charge in [0, 0.05) is 6.04 Å². The van der Waals surface area contributed by atoms with Gasteiger partial charge in [-0.05, 0) is 31.2 Å². The van der Waals surface area contributed by atoms with Crippen molar-refractivity contribution in [2.24, 2.45) is 11.7 Å². The van der Waals surface area contributed by atoms with E-state index in [1.54, 1.807) is 0 Å². The molecule has 0 saturated carbocycles. The van der Waals surface area contributed by atoms with Crippen LogP contribution in [0.3, 0.4) is 0 Å². The highest BCUT2D eigenvalue weighted by molar-refractivity contribution is 5.24. The average Bonchev–Trinajstić information content (AvgIpc) is 2.65. The molecule has 0 aliphatic heterocycles. The molecule has 0 saturated heterocycles. The molecular formula is C13H17N. The SMILES string of the molecule is CC1=CCC[C@@H]1[C@H](N)c1ccccc1. The minimum atomic E-state index is 0.176. The second-order valence-corrected chi connectivity index (χ2v) is 4.07. The van der Waals surface area contributed by atoms with Crippen molar-refractivity contribution in [3.8, 4) is 0 Å². The number of hydrogen-bond donors (Lipinski definition) is 1. The molecule has 2 N–H and O–H groups in total. The molecule has 0 radical (unpaired) electrons. The highest BCUT2D eigenvalue weighted by atomic mass is 14.7. The molecule has 1 aromatic rings. The van der Waals surface area contributed by atoms with Crippen LogP contribution in [0.1, 0.15) is 31.4 Å². The molecule has 1 nitrogen and oxygen atoms in total. The smallest absolute Gasteiger partial charge is 0.0361 e. The minimum Gasteiger partial charge on any atom is -0.323 e. The number of hydrogen-bond acceptors (Lipinski definition) is 1. The van der Waals surface area contributed by atoms with Crippen molar-refractivity contribution in [1.29, 1.82) is 0 Å². The Morgan fingerprint density at radius 2 is 2.00 bits per heavy atom. The maximum atomic E-state index is 6.25. The van der Waals surface area contributed by atoms with E-state index in [2.05, 4.69) is 37.3 Å². The standard InChI is InChI=1S/C13H17N/c1-10-6-5-9-12(10)13(14)11-7-3-2-4-8-11/h2-4,6-8,12-13H,5,9,14H2,1H3/t12-,13+/m0/s1. The van der Waals surface area contributed by atoms with Crippen LogP contribution < -0.4 is 5.73 Å². The molecule has 0 heterocycles. The monoisotopic (exact) mass is 187 g/mol. The van der Waals surface area contributed by atoms with Crippen LogP contribution in [0, 0.1) is 5.92 Å². The molecule has 0 amide bonds. The van der Waals surface area contributed by atoms with E-state index in [-0.39, 0.29) is 6.04 Å². The second-order valence-electron chi connectivity index (χ2n) is 4.07. The first kappa shape index (κ1) is 9.47. The van der Waals surface area contributed by atoms with Crippen LogP contribution in [0.25, 0.3) is 0 Å². The van der Waals surface area contributed by atoms with Crippen LogP contribution in [0.2, 0.25) is 0 Å². The topological polar surface area (TPSA) is 26.0 Å². The van der Waals surface area contributed by atoms with Crippen molar-refractivity contribution >= 4 is 0 Å². The summed E-state index contributed by atoms with van der Waals surface area (Å²) in [5.74, 6) is 0.553. The summed E-state index contributed by atoms with van der Waals surface area (Å²) in [5.41, 5.74) is 8.97. The molecule has 1 aliphatic carbocycles. The lowest BCUT2D eigenvalue weighted by Crippen LogP contribution is -2.20. The van der Waals surface area contributed by atoms with Gasteiger partial charge >= 0.3 is 0 Å². The molecule has 0 spiro atoms. The van der Waals surface area contributed by atoms with Crippen molar-refractivity contribution in [3.63, 3.8) is 0 Å². The van der Waals surface area contributed by atoms with E-state index in [1.165, 1.54) is 24.0 Å². The van der Waals surface area contributed by atoms with E-state index >= 15 is 0 Å². The number of rotatable bonds is 2. The minimum absolute atomic E-state index is 0.176.